The van der Waals surface area contributed by atoms with E-state index in [1.165, 1.54) is 10.9 Å². The van der Waals surface area contributed by atoms with Crippen LogP contribution in [0.4, 0.5) is 0 Å². The second-order valence-corrected chi connectivity index (χ2v) is 5.51. The molecule has 1 heterocycles. The van der Waals surface area contributed by atoms with Crippen LogP contribution in [0, 0.1) is 0 Å². The van der Waals surface area contributed by atoms with E-state index in [0.717, 1.165) is 22.7 Å². The van der Waals surface area contributed by atoms with Crippen molar-refractivity contribution in [3.8, 4) is 0 Å². The van der Waals surface area contributed by atoms with Crippen LogP contribution in [0.25, 0.3) is 10.9 Å². The number of para-hydroxylation sites is 1. The van der Waals surface area contributed by atoms with Gasteiger partial charge in [0, 0.05) is 11.4 Å². The number of pyridine rings is 1. The second-order valence-electron chi connectivity index (χ2n) is 4.26. The fourth-order valence-corrected chi connectivity index (χ4v) is 2.66. The van der Waals surface area contributed by atoms with Crippen LogP contribution < -0.4 is 5.73 Å². The Morgan fingerprint density at radius 1 is 1.35 bits per heavy atom. The highest BCUT2D eigenvalue weighted by Crippen LogP contribution is 2.25. The van der Waals surface area contributed by atoms with Gasteiger partial charge in [-0.15, -0.1) is 11.8 Å². The van der Waals surface area contributed by atoms with E-state index in [4.69, 9.17) is 10.7 Å². The smallest absolute Gasteiger partial charge is 0.1000 e. The maximum Gasteiger partial charge on any atom is 0.1000 e. The van der Waals surface area contributed by atoms with E-state index in [-0.39, 0.29) is 6.04 Å². The molecule has 2 aromatic rings. The summed E-state index contributed by atoms with van der Waals surface area (Å²) in [4.78, 5) is 4.73. The molecule has 2 rings (SSSR count). The zero-order valence-corrected chi connectivity index (χ0v) is 11.1. The van der Waals surface area contributed by atoms with Gasteiger partial charge in [0.15, 0.2) is 0 Å². The SMILES string of the molecule is CCSc1nc2ccccc2cc1CC(C)N. The van der Waals surface area contributed by atoms with E-state index in [2.05, 4.69) is 25.1 Å². The molecular formula is C14H18N2S. The van der Waals surface area contributed by atoms with Crippen molar-refractivity contribution in [1.82, 2.24) is 4.98 Å². The highest BCUT2D eigenvalue weighted by molar-refractivity contribution is 7.99. The summed E-state index contributed by atoms with van der Waals surface area (Å²) in [7, 11) is 0. The Kier molecular flexibility index (Phi) is 4.02. The summed E-state index contributed by atoms with van der Waals surface area (Å²) in [6, 6.07) is 10.6. The van der Waals surface area contributed by atoms with Gasteiger partial charge in [-0.1, -0.05) is 25.1 Å². The Morgan fingerprint density at radius 3 is 2.82 bits per heavy atom. The third-order valence-corrected chi connectivity index (χ3v) is 3.50. The summed E-state index contributed by atoms with van der Waals surface area (Å²) in [5.74, 6) is 1.04. The van der Waals surface area contributed by atoms with Gasteiger partial charge in [0.25, 0.3) is 0 Å². The van der Waals surface area contributed by atoms with E-state index < -0.39 is 0 Å². The first-order chi connectivity index (χ1) is 8.20. The number of fused-ring (bicyclic) bond motifs is 1. The average Bonchev–Trinajstić information content (AvgIpc) is 2.29. The zero-order valence-electron chi connectivity index (χ0n) is 10.3. The lowest BCUT2D eigenvalue weighted by Gasteiger charge is -2.11. The van der Waals surface area contributed by atoms with Gasteiger partial charge in [-0.25, -0.2) is 4.98 Å². The molecule has 0 amide bonds. The van der Waals surface area contributed by atoms with Crippen molar-refractivity contribution in [1.29, 1.82) is 0 Å². The van der Waals surface area contributed by atoms with Crippen molar-refractivity contribution in [3.63, 3.8) is 0 Å². The molecule has 2 N–H and O–H groups in total. The van der Waals surface area contributed by atoms with Crippen LogP contribution in [0.3, 0.4) is 0 Å². The summed E-state index contributed by atoms with van der Waals surface area (Å²) in [6.07, 6.45) is 0.889. The molecule has 0 aliphatic rings. The van der Waals surface area contributed by atoms with Crippen LogP contribution in [0.1, 0.15) is 19.4 Å². The van der Waals surface area contributed by atoms with E-state index in [0.29, 0.717) is 0 Å². The summed E-state index contributed by atoms with van der Waals surface area (Å²) in [5, 5.41) is 2.33. The van der Waals surface area contributed by atoms with Crippen LogP contribution in [0.5, 0.6) is 0 Å². The average molecular weight is 246 g/mol. The Morgan fingerprint density at radius 2 is 2.12 bits per heavy atom. The monoisotopic (exact) mass is 246 g/mol. The Bertz CT molecular complexity index is 509. The maximum atomic E-state index is 5.90. The molecule has 0 saturated heterocycles. The first-order valence-electron chi connectivity index (χ1n) is 5.97. The van der Waals surface area contributed by atoms with Gasteiger partial charge in [0.2, 0.25) is 0 Å². The van der Waals surface area contributed by atoms with Gasteiger partial charge in [-0.3, -0.25) is 0 Å². The number of thioether (sulfide) groups is 1. The number of hydrogen-bond acceptors (Lipinski definition) is 3. The van der Waals surface area contributed by atoms with Crippen molar-refractivity contribution in [3.05, 3.63) is 35.9 Å². The van der Waals surface area contributed by atoms with E-state index in [1.807, 2.05) is 19.1 Å². The van der Waals surface area contributed by atoms with Gasteiger partial charge in [0.05, 0.1) is 10.5 Å². The molecule has 1 atom stereocenters. The largest absolute Gasteiger partial charge is 0.328 e. The number of nitrogens with two attached hydrogens (primary N) is 1. The van der Waals surface area contributed by atoms with Gasteiger partial charge >= 0.3 is 0 Å². The maximum absolute atomic E-state index is 5.90. The van der Waals surface area contributed by atoms with Crippen LogP contribution in [-0.2, 0) is 6.42 Å². The molecule has 0 aliphatic heterocycles. The standard InChI is InChI=1S/C14H18N2S/c1-3-17-14-12(8-10(2)15)9-11-6-4-5-7-13(11)16-14/h4-7,9-10H,3,8,15H2,1-2H3. The van der Waals surface area contributed by atoms with E-state index in [9.17, 15) is 0 Å². The summed E-state index contributed by atoms with van der Waals surface area (Å²) in [6.45, 7) is 4.19. The van der Waals surface area contributed by atoms with Gasteiger partial charge in [-0.2, -0.15) is 0 Å². The quantitative estimate of drug-likeness (QED) is 0.842. The molecule has 17 heavy (non-hydrogen) atoms. The van der Waals surface area contributed by atoms with Crippen molar-refractivity contribution < 1.29 is 0 Å². The molecule has 90 valence electrons. The summed E-state index contributed by atoms with van der Waals surface area (Å²) in [5.41, 5.74) is 8.23. The van der Waals surface area contributed by atoms with Crippen LogP contribution >= 0.6 is 11.8 Å². The molecule has 1 aromatic heterocycles. The highest BCUT2D eigenvalue weighted by atomic mass is 32.2. The third kappa shape index (κ3) is 2.99. The van der Waals surface area contributed by atoms with Crippen molar-refractivity contribution in [2.24, 2.45) is 5.73 Å². The van der Waals surface area contributed by atoms with E-state index in [1.54, 1.807) is 11.8 Å². The normalized spacial score (nSPS) is 12.9. The second kappa shape index (κ2) is 5.52. The van der Waals surface area contributed by atoms with Crippen molar-refractivity contribution in [2.45, 2.75) is 31.3 Å². The lowest BCUT2D eigenvalue weighted by Crippen LogP contribution is -2.18. The van der Waals surface area contributed by atoms with Gasteiger partial charge < -0.3 is 5.73 Å². The Hall–Kier alpha value is -1.06. The number of aromatic nitrogens is 1. The van der Waals surface area contributed by atoms with E-state index >= 15 is 0 Å². The lowest BCUT2D eigenvalue weighted by atomic mass is 10.1. The van der Waals surface area contributed by atoms with Gasteiger partial charge in [-0.05, 0) is 36.8 Å². The molecule has 2 nitrogen and oxygen atoms in total. The molecular weight excluding hydrogens is 228 g/mol. The molecule has 3 heteroatoms. The zero-order chi connectivity index (χ0) is 12.3. The third-order valence-electron chi connectivity index (χ3n) is 2.59. The van der Waals surface area contributed by atoms with Crippen LogP contribution in [-0.4, -0.2) is 16.8 Å². The minimum absolute atomic E-state index is 0.175. The number of nitrogens with zero attached hydrogens (tertiary/aromatic N) is 1. The predicted octanol–water partition coefficient (Wildman–Crippen LogP) is 3.24. The molecule has 0 bridgehead atoms. The summed E-state index contributed by atoms with van der Waals surface area (Å²) >= 11 is 1.79. The molecule has 0 fully saturated rings. The molecule has 0 saturated carbocycles. The first kappa shape index (κ1) is 12.4. The van der Waals surface area contributed by atoms with Gasteiger partial charge in [0.1, 0.15) is 0 Å². The number of hydrogen-bond donors (Lipinski definition) is 1. The van der Waals surface area contributed by atoms with Crippen LogP contribution in [0.2, 0.25) is 0 Å². The van der Waals surface area contributed by atoms with Crippen molar-refractivity contribution in [2.75, 3.05) is 5.75 Å². The van der Waals surface area contributed by atoms with Crippen LogP contribution in [0.15, 0.2) is 35.4 Å². The number of rotatable bonds is 4. The minimum Gasteiger partial charge on any atom is -0.328 e. The molecule has 0 radical (unpaired) electrons. The first-order valence-corrected chi connectivity index (χ1v) is 6.96. The molecule has 1 unspecified atom stereocenters. The molecule has 1 aromatic carbocycles. The molecule has 0 aliphatic carbocycles. The Balaban J connectivity index is 2.49. The highest BCUT2D eigenvalue weighted by Gasteiger charge is 2.08. The number of benzene rings is 1. The fourth-order valence-electron chi connectivity index (χ4n) is 1.90. The topological polar surface area (TPSA) is 38.9 Å². The van der Waals surface area contributed by atoms with Crippen molar-refractivity contribution >= 4 is 22.7 Å². The summed E-state index contributed by atoms with van der Waals surface area (Å²) < 4.78 is 0. The molecule has 0 spiro atoms. The minimum atomic E-state index is 0.175. The Labute approximate surface area is 107 Å². The fraction of sp³-hybridized carbons (Fsp3) is 0.357. The predicted molar refractivity (Wildman–Crippen MR) is 75.5 cm³/mol. The lowest BCUT2D eigenvalue weighted by molar-refractivity contribution is 0.724.